The summed E-state index contributed by atoms with van der Waals surface area (Å²) in [5.74, 6) is 0. The molecule has 1 aliphatic carbocycles. The van der Waals surface area contributed by atoms with Crippen LogP contribution in [0.15, 0.2) is 29.8 Å². The van der Waals surface area contributed by atoms with E-state index in [4.69, 9.17) is 0 Å². The molecule has 0 heterocycles. The van der Waals surface area contributed by atoms with Gasteiger partial charge in [0.05, 0.1) is 17.3 Å². The smallest absolute Gasteiger partial charge is 0.319 e. The molecule has 0 saturated heterocycles. The van der Waals surface area contributed by atoms with Crippen molar-refractivity contribution >= 4 is 11.7 Å². The zero-order valence-electron chi connectivity index (χ0n) is 14.4. The Morgan fingerprint density at radius 3 is 2.52 bits per heavy atom. The second-order valence-corrected chi connectivity index (χ2v) is 6.44. The molecule has 2 N–H and O–H groups in total. The zero-order chi connectivity index (χ0) is 17.0. The molecule has 4 nitrogen and oxygen atoms in total. The number of carbonyl (C=O) groups is 1. The Balaban J connectivity index is 2.56. The van der Waals surface area contributed by atoms with Crippen molar-refractivity contribution in [2.45, 2.75) is 53.0 Å². The number of nitriles is 1. The predicted octanol–water partition coefficient (Wildman–Crippen LogP) is 3.99. The number of nitrogens with zero attached hydrogens (tertiary/aromatic N) is 1. The highest BCUT2D eigenvalue weighted by molar-refractivity contribution is 5.89. The molecule has 4 heteroatoms. The summed E-state index contributed by atoms with van der Waals surface area (Å²) in [5.41, 5.74) is 3.30. The van der Waals surface area contributed by atoms with E-state index in [1.807, 2.05) is 32.0 Å². The fraction of sp³-hybridized carbons (Fsp3) is 0.474. The van der Waals surface area contributed by atoms with E-state index in [0.717, 1.165) is 24.8 Å². The molecule has 1 aromatic carbocycles. The zero-order valence-corrected chi connectivity index (χ0v) is 14.4. The van der Waals surface area contributed by atoms with E-state index in [1.54, 1.807) is 0 Å². The van der Waals surface area contributed by atoms with Crippen LogP contribution in [0.25, 0.3) is 5.70 Å². The van der Waals surface area contributed by atoms with Crippen molar-refractivity contribution in [3.05, 3.63) is 41.0 Å². The van der Waals surface area contributed by atoms with Crippen molar-refractivity contribution in [3.63, 3.8) is 0 Å². The summed E-state index contributed by atoms with van der Waals surface area (Å²) < 4.78 is 0. The van der Waals surface area contributed by atoms with E-state index < -0.39 is 0 Å². The molecule has 0 fully saturated rings. The van der Waals surface area contributed by atoms with E-state index in [-0.39, 0.29) is 17.5 Å². The molecule has 2 amide bonds. The number of carbonyl (C=O) groups excluding carboxylic acids is 1. The van der Waals surface area contributed by atoms with Gasteiger partial charge in [-0.1, -0.05) is 38.1 Å². The Labute approximate surface area is 138 Å². The first-order valence-corrected chi connectivity index (χ1v) is 8.28. The number of fused-ring (bicyclic) bond motifs is 1. The maximum absolute atomic E-state index is 12.2. The first-order chi connectivity index (χ1) is 11.0. The minimum atomic E-state index is -0.263. The van der Waals surface area contributed by atoms with Gasteiger partial charge in [0.1, 0.15) is 0 Å². The van der Waals surface area contributed by atoms with Gasteiger partial charge in [0, 0.05) is 17.0 Å². The summed E-state index contributed by atoms with van der Waals surface area (Å²) in [6.07, 6.45) is 2.59. The van der Waals surface area contributed by atoms with E-state index in [9.17, 15) is 10.1 Å². The summed E-state index contributed by atoms with van der Waals surface area (Å²) in [5, 5.41) is 15.6. The van der Waals surface area contributed by atoms with E-state index in [2.05, 4.69) is 36.6 Å². The number of urea groups is 1. The van der Waals surface area contributed by atoms with Gasteiger partial charge in [-0.05, 0) is 38.7 Å². The Morgan fingerprint density at radius 2 is 1.96 bits per heavy atom. The average Bonchev–Trinajstić information content (AvgIpc) is 2.53. The maximum Gasteiger partial charge on any atom is 0.319 e. The highest BCUT2D eigenvalue weighted by atomic mass is 16.2. The van der Waals surface area contributed by atoms with Gasteiger partial charge in [0.2, 0.25) is 0 Å². The molecule has 0 aromatic heterocycles. The number of hydrogen-bond donors (Lipinski definition) is 2. The minimum absolute atomic E-state index is 0.0436. The lowest BCUT2D eigenvalue weighted by atomic mass is 9.66. The third kappa shape index (κ3) is 3.24. The van der Waals surface area contributed by atoms with E-state index in [1.165, 1.54) is 5.56 Å². The third-order valence-electron chi connectivity index (χ3n) is 4.72. The second-order valence-electron chi connectivity index (χ2n) is 6.44. The topological polar surface area (TPSA) is 64.9 Å². The molecule has 1 aromatic rings. The van der Waals surface area contributed by atoms with Gasteiger partial charge in [0.15, 0.2) is 0 Å². The number of hydrogen-bond acceptors (Lipinski definition) is 2. The van der Waals surface area contributed by atoms with Crippen molar-refractivity contribution < 1.29 is 4.79 Å². The molecular formula is C19H25N3O. The summed E-state index contributed by atoms with van der Waals surface area (Å²) in [6, 6.07) is 10.2. The van der Waals surface area contributed by atoms with Crippen LogP contribution in [-0.2, 0) is 6.42 Å². The Kier molecular flexibility index (Phi) is 5.10. The Morgan fingerprint density at radius 1 is 1.30 bits per heavy atom. The lowest BCUT2D eigenvalue weighted by Gasteiger charge is -2.38. The van der Waals surface area contributed by atoms with Crippen LogP contribution >= 0.6 is 0 Å². The highest BCUT2D eigenvalue weighted by Crippen LogP contribution is 2.46. The lowest BCUT2D eigenvalue weighted by Crippen LogP contribution is -2.41. The molecule has 0 unspecified atom stereocenters. The number of benzene rings is 1. The fourth-order valence-corrected chi connectivity index (χ4v) is 3.34. The number of amides is 2. The monoisotopic (exact) mass is 311 g/mol. The molecule has 2 rings (SSSR count). The van der Waals surface area contributed by atoms with Crippen molar-refractivity contribution in [1.29, 1.82) is 5.26 Å². The predicted molar refractivity (Wildman–Crippen MR) is 92.5 cm³/mol. The number of allylic oxidation sites excluding steroid dienone is 1. The van der Waals surface area contributed by atoms with Gasteiger partial charge in [-0.25, -0.2) is 4.79 Å². The van der Waals surface area contributed by atoms with Crippen molar-refractivity contribution in [3.8, 4) is 6.07 Å². The van der Waals surface area contributed by atoms with Crippen molar-refractivity contribution in [2.75, 3.05) is 0 Å². The van der Waals surface area contributed by atoms with E-state index in [0.29, 0.717) is 11.3 Å². The second kappa shape index (κ2) is 6.87. The van der Waals surface area contributed by atoms with Gasteiger partial charge < -0.3 is 10.6 Å². The highest BCUT2D eigenvalue weighted by Gasteiger charge is 2.39. The summed E-state index contributed by atoms with van der Waals surface area (Å²) in [7, 11) is 0. The Bertz CT molecular complexity index is 663. The van der Waals surface area contributed by atoms with Crippen LogP contribution in [0.5, 0.6) is 0 Å². The van der Waals surface area contributed by atoms with Gasteiger partial charge in [-0.2, -0.15) is 5.26 Å². The summed E-state index contributed by atoms with van der Waals surface area (Å²) >= 11 is 0. The molecule has 0 saturated carbocycles. The first-order valence-electron chi connectivity index (χ1n) is 8.28. The van der Waals surface area contributed by atoms with Crippen LogP contribution in [0.2, 0.25) is 0 Å². The van der Waals surface area contributed by atoms with Gasteiger partial charge >= 0.3 is 6.03 Å². The van der Waals surface area contributed by atoms with E-state index >= 15 is 0 Å². The van der Waals surface area contributed by atoms with Gasteiger partial charge in [-0.15, -0.1) is 0 Å². The van der Waals surface area contributed by atoms with Gasteiger partial charge in [-0.3, -0.25) is 0 Å². The van der Waals surface area contributed by atoms with Crippen LogP contribution in [0, 0.1) is 16.7 Å². The minimum Gasteiger partial charge on any atom is -0.336 e. The first kappa shape index (κ1) is 17.1. The van der Waals surface area contributed by atoms with Crippen LogP contribution < -0.4 is 10.6 Å². The lowest BCUT2D eigenvalue weighted by molar-refractivity contribution is 0.242. The SMILES string of the molecule is CCC1(CC)Cc2ccccc2C(NC(=O)NC(C)C)=C1C#N. The molecular weight excluding hydrogens is 286 g/mol. The summed E-state index contributed by atoms with van der Waals surface area (Å²) in [6.45, 7) is 8.05. The summed E-state index contributed by atoms with van der Waals surface area (Å²) in [4.78, 5) is 12.2. The maximum atomic E-state index is 12.2. The molecule has 0 aliphatic heterocycles. The fourth-order valence-electron chi connectivity index (χ4n) is 3.34. The number of nitrogens with one attached hydrogen (secondary N) is 2. The molecule has 1 aliphatic rings. The van der Waals surface area contributed by atoms with Crippen molar-refractivity contribution in [2.24, 2.45) is 5.41 Å². The average molecular weight is 311 g/mol. The van der Waals surface area contributed by atoms with Crippen molar-refractivity contribution in [1.82, 2.24) is 10.6 Å². The van der Waals surface area contributed by atoms with Crippen LogP contribution in [0.4, 0.5) is 4.79 Å². The van der Waals surface area contributed by atoms with Crippen LogP contribution in [0.3, 0.4) is 0 Å². The normalized spacial score (nSPS) is 15.8. The molecule has 0 bridgehead atoms. The number of rotatable bonds is 4. The Hall–Kier alpha value is -2.28. The largest absolute Gasteiger partial charge is 0.336 e. The molecule has 0 radical (unpaired) electrons. The molecule has 0 atom stereocenters. The standard InChI is InChI=1S/C19H25N3O/c1-5-19(6-2)11-14-9-7-8-10-15(14)17(16(19)12-20)22-18(23)21-13(3)4/h7-10,13H,5-6,11H2,1-4H3,(H2,21,22,23). The van der Waals surface area contributed by atoms with Gasteiger partial charge in [0.25, 0.3) is 0 Å². The van der Waals surface area contributed by atoms with Crippen LogP contribution in [0.1, 0.15) is 51.7 Å². The quantitative estimate of drug-likeness (QED) is 0.883. The molecule has 23 heavy (non-hydrogen) atoms. The third-order valence-corrected chi connectivity index (χ3v) is 4.72. The van der Waals surface area contributed by atoms with Crippen LogP contribution in [-0.4, -0.2) is 12.1 Å². The molecule has 0 spiro atoms. The molecule has 122 valence electrons.